The predicted molar refractivity (Wildman–Crippen MR) is 116 cm³/mol. The van der Waals surface area contributed by atoms with Crippen molar-refractivity contribution in [2.45, 2.75) is 35.5 Å². The van der Waals surface area contributed by atoms with Crippen molar-refractivity contribution in [2.24, 2.45) is 29.6 Å². The SMILES string of the molecule is O=C(O)CCCN1C(=O)C2C3CC(C2C1=O)C1C3Sc2[nH]c(=O)sc2[C@@H]1c1cccs1. The Morgan fingerprint density at radius 1 is 1.19 bits per heavy atom. The number of aliphatic carboxylic acids is 1. The molecule has 2 aliphatic carbocycles. The number of H-pyrrole nitrogens is 1. The van der Waals surface area contributed by atoms with E-state index in [1.165, 1.54) is 21.1 Å². The predicted octanol–water partition coefficient (Wildman–Crippen LogP) is 2.84. The number of hydrogen-bond acceptors (Lipinski definition) is 7. The van der Waals surface area contributed by atoms with Gasteiger partial charge in [0.2, 0.25) is 11.8 Å². The van der Waals surface area contributed by atoms with Gasteiger partial charge in [-0.1, -0.05) is 17.4 Å². The molecule has 1 saturated heterocycles. The van der Waals surface area contributed by atoms with E-state index in [0.717, 1.165) is 16.3 Å². The number of thioether (sulfide) groups is 1. The highest BCUT2D eigenvalue weighted by molar-refractivity contribution is 8.00. The summed E-state index contributed by atoms with van der Waals surface area (Å²) in [6.07, 6.45) is 1.12. The largest absolute Gasteiger partial charge is 0.481 e. The number of nitrogens with zero attached hydrogens (tertiary/aromatic N) is 1. The zero-order valence-electron chi connectivity index (χ0n) is 16.4. The minimum atomic E-state index is -0.916. The molecule has 162 valence electrons. The van der Waals surface area contributed by atoms with E-state index in [1.54, 1.807) is 23.1 Å². The summed E-state index contributed by atoms with van der Waals surface area (Å²) in [4.78, 5) is 56.0. The van der Waals surface area contributed by atoms with Gasteiger partial charge in [-0.2, -0.15) is 0 Å². The van der Waals surface area contributed by atoms with Gasteiger partial charge in [0.1, 0.15) is 0 Å². The highest BCUT2D eigenvalue weighted by Gasteiger charge is 2.69. The van der Waals surface area contributed by atoms with Crippen LogP contribution < -0.4 is 4.87 Å². The van der Waals surface area contributed by atoms with Crippen molar-refractivity contribution in [3.8, 4) is 0 Å². The Kier molecular flexibility index (Phi) is 4.49. The third kappa shape index (κ3) is 2.77. The van der Waals surface area contributed by atoms with E-state index < -0.39 is 5.97 Å². The van der Waals surface area contributed by atoms with Crippen LogP contribution in [0.15, 0.2) is 27.3 Å². The summed E-state index contributed by atoms with van der Waals surface area (Å²) in [5.74, 6) is -1.21. The van der Waals surface area contributed by atoms with Crippen LogP contribution in [0.2, 0.25) is 0 Å². The molecule has 2 amide bonds. The Morgan fingerprint density at radius 3 is 2.68 bits per heavy atom. The highest BCUT2D eigenvalue weighted by atomic mass is 32.2. The number of carbonyl (C=O) groups excluding carboxylic acids is 2. The Bertz CT molecular complexity index is 1140. The third-order valence-corrected chi connectivity index (χ3v) is 11.0. The van der Waals surface area contributed by atoms with Crippen molar-refractivity contribution < 1.29 is 19.5 Å². The van der Waals surface area contributed by atoms with E-state index in [9.17, 15) is 19.2 Å². The number of nitrogens with one attached hydrogen (secondary N) is 1. The molecule has 6 rings (SSSR count). The second kappa shape index (κ2) is 7.05. The summed E-state index contributed by atoms with van der Waals surface area (Å²) < 4.78 is 0. The average molecular weight is 477 g/mol. The number of rotatable bonds is 5. The quantitative estimate of drug-likeness (QED) is 0.643. The summed E-state index contributed by atoms with van der Waals surface area (Å²) in [7, 11) is 0. The second-order valence-electron chi connectivity index (χ2n) is 8.80. The van der Waals surface area contributed by atoms with Gasteiger partial charge in [-0.05, 0) is 42.0 Å². The maximum Gasteiger partial charge on any atom is 0.305 e. The molecular weight excluding hydrogens is 456 g/mol. The molecule has 0 radical (unpaired) electrons. The van der Waals surface area contributed by atoms with Crippen LogP contribution >= 0.6 is 34.4 Å². The van der Waals surface area contributed by atoms with Crippen molar-refractivity contribution in [3.63, 3.8) is 0 Å². The number of aromatic nitrogens is 1. The molecule has 4 heterocycles. The molecule has 7 nitrogen and oxygen atoms in total. The standard InChI is InChI=1S/C21H20N2O5S3/c24-11(25)4-1-5-23-19(26)13-8-7-9(14(13)20(23)27)16-12(8)15(10-3-2-6-29-10)17-18(30-16)22-21(28)31-17/h2-3,6,8-9,12-16H,1,4-5,7H2,(H,22,28)(H,24,25)/t8?,9?,12?,13?,14?,15-,16?/m1/s1. The van der Waals surface area contributed by atoms with Gasteiger partial charge in [-0.25, -0.2) is 0 Å². The third-order valence-electron chi connectivity index (χ3n) is 7.44. The number of thiazole rings is 1. The molecule has 7 atom stereocenters. The van der Waals surface area contributed by atoms with Gasteiger partial charge in [-0.3, -0.25) is 24.1 Å². The van der Waals surface area contributed by atoms with Gasteiger partial charge in [0, 0.05) is 33.9 Å². The molecule has 10 heteroatoms. The molecule has 2 aromatic rings. The molecule has 2 N–H and O–H groups in total. The fourth-order valence-corrected chi connectivity index (χ4v) is 10.3. The Labute approximate surface area is 189 Å². The minimum Gasteiger partial charge on any atom is -0.481 e. The summed E-state index contributed by atoms with van der Waals surface area (Å²) >= 11 is 4.64. The normalized spacial score (nSPS) is 35.4. The number of imide groups is 1. The minimum absolute atomic E-state index is 0.0473. The number of carboxylic acid groups (broad SMARTS) is 1. The molecule has 4 aliphatic rings. The molecule has 2 bridgehead atoms. The zero-order valence-corrected chi connectivity index (χ0v) is 18.8. The number of carboxylic acids is 1. The van der Waals surface area contributed by atoms with Crippen LogP contribution in [0.4, 0.5) is 0 Å². The average Bonchev–Trinajstić information content (AvgIpc) is 3.51. The molecule has 3 fully saturated rings. The van der Waals surface area contributed by atoms with Crippen LogP contribution in [0.25, 0.3) is 0 Å². The molecular formula is C21H20N2O5S3. The van der Waals surface area contributed by atoms with Crippen LogP contribution in [-0.2, 0) is 14.4 Å². The fraction of sp³-hybridized carbons (Fsp3) is 0.524. The second-order valence-corrected chi connectivity index (χ2v) is 12.0. The Hall–Kier alpha value is -1.91. The van der Waals surface area contributed by atoms with E-state index in [0.29, 0.717) is 6.42 Å². The molecule has 0 spiro atoms. The van der Waals surface area contributed by atoms with Gasteiger partial charge < -0.3 is 10.1 Å². The number of likely N-dealkylation sites (tertiary alicyclic amines) is 1. The van der Waals surface area contributed by atoms with Crippen molar-refractivity contribution in [3.05, 3.63) is 36.9 Å². The number of aromatic amines is 1. The topological polar surface area (TPSA) is 108 Å². The lowest BCUT2D eigenvalue weighted by Gasteiger charge is -2.42. The molecule has 31 heavy (non-hydrogen) atoms. The van der Waals surface area contributed by atoms with Crippen molar-refractivity contribution in [2.75, 3.05) is 6.54 Å². The van der Waals surface area contributed by atoms with Crippen LogP contribution in [0.5, 0.6) is 0 Å². The summed E-state index contributed by atoms with van der Waals surface area (Å²) in [6, 6.07) is 4.13. The van der Waals surface area contributed by atoms with Gasteiger partial charge in [-0.15, -0.1) is 23.1 Å². The van der Waals surface area contributed by atoms with E-state index in [-0.39, 0.29) is 70.4 Å². The summed E-state index contributed by atoms with van der Waals surface area (Å²) in [5.41, 5.74) is 0. The maximum absolute atomic E-state index is 13.3. The van der Waals surface area contributed by atoms with Crippen molar-refractivity contribution >= 4 is 52.2 Å². The molecule has 2 aromatic heterocycles. The van der Waals surface area contributed by atoms with Gasteiger partial charge in [0.25, 0.3) is 0 Å². The van der Waals surface area contributed by atoms with Gasteiger partial charge in [0.05, 0.1) is 16.9 Å². The lowest BCUT2D eigenvalue weighted by molar-refractivity contribution is -0.142. The Balaban J connectivity index is 1.36. The van der Waals surface area contributed by atoms with Crippen LogP contribution in [0.1, 0.15) is 34.9 Å². The zero-order chi connectivity index (χ0) is 21.4. The lowest BCUT2D eigenvalue weighted by atomic mass is 9.69. The maximum atomic E-state index is 13.3. The van der Waals surface area contributed by atoms with E-state index in [2.05, 4.69) is 11.1 Å². The van der Waals surface area contributed by atoms with Crippen LogP contribution in [-0.4, -0.2) is 44.6 Å². The summed E-state index contributed by atoms with van der Waals surface area (Å²) in [6.45, 7) is 0.188. The van der Waals surface area contributed by atoms with Gasteiger partial charge >= 0.3 is 10.8 Å². The van der Waals surface area contributed by atoms with E-state index in [4.69, 9.17) is 5.11 Å². The number of amides is 2. The fourth-order valence-electron chi connectivity index (χ4n) is 6.47. The highest BCUT2D eigenvalue weighted by Crippen LogP contribution is 2.68. The van der Waals surface area contributed by atoms with Crippen molar-refractivity contribution in [1.82, 2.24) is 9.88 Å². The molecule has 2 aliphatic heterocycles. The lowest BCUT2D eigenvalue weighted by Crippen LogP contribution is -2.42. The number of thiophene rings is 1. The number of fused-ring (bicyclic) bond motifs is 9. The van der Waals surface area contributed by atoms with Gasteiger partial charge in [0.15, 0.2) is 0 Å². The monoisotopic (exact) mass is 476 g/mol. The number of hydrogen-bond donors (Lipinski definition) is 2. The van der Waals surface area contributed by atoms with E-state index in [1.807, 2.05) is 11.4 Å². The smallest absolute Gasteiger partial charge is 0.305 e. The first kappa shape index (κ1) is 19.8. The molecule has 0 aromatic carbocycles. The van der Waals surface area contributed by atoms with Crippen molar-refractivity contribution in [1.29, 1.82) is 0 Å². The van der Waals surface area contributed by atoms with Crippen LogP contribution in [0.3, 0.4) is 0 Å². The Morgan fingerprint density at radius 2 is 1.97 bits per heavy atom. The summed E-state index contributed by atoms with van der Waals surface area (Å²) in [5, 5.41) is 12.1. The molecule has 6 unspecified atom stereocenters. The number of carbonyl (C=O) groups is 3. The van der Waals surface area contributed by atoms with Crippen LogP contribution in [0, 0.1) is 29.6 Å². The first-order valence-corrected chi connectivity index (χ1v) is 13.0. The van der Waals surface area contributed by atoms with E-state index >= 15 is 0 Å². The molecule has 2 saturated carbocycles. The first-order valence-electron chi connectivity index (χ1n) is 10.5. The first-order chi connectivity index (χ1) is 15.0.